The minimum atomic E-state index is -0.674. The average Bonchev–Trinajstić information content (AvgIpc) is 2.90. The Morgan fingerprint density at radius 3 is 2.32 bits per heavy atom. The average molecular weight is 351 g/mol. The molecule has 5 nitrogen and oxygen atoms in total. The molecule has 1 unspecified atom stereocenters. The van der Waals surface area contributed by atoms with Crippen LogP contribution >= 0.6 is 0 Å². The minimum absolute atomic E-state index is 0.0225. The van der Waals surface area contributed by atoms with E-state index in [1.807, 2.05) is 6.92 Å². The molecule has 5 heteroatoms. The van der Waals surface area contributed by atoms with Gasteiger partial charge in [-0.05, 0) is 32.6 Å². The lowest BCUT2D eigenvalue weighted by Gasteiger charge is -2.22. The largest absolute Gasteiger partial charge is 0.463 e. The van der Waals surface area contributed by atoms with Crippen molar-refractivity contribution >= 4 is 17.7 Å². The molecule has 0 aliphatic carbocycles. The molecule has 1 heterocycles. The number of nitrogens with one attached hydrogen (secondary N) is 1. The molecule has 1 amide bonds. The lowest BCUT2D eigenvalue weighted by atomic mass is 9.88. The van der Waals surface area contributed by atoms with Gasteiger partial charge in [0.15, 0.2) is 0 Å². The number of amidine groups is 1. The highest BCUT2D eigenvalue weighted by Gasteiger charge is 2.43. The first-order chi connectivity index (χ1) is 12.0. The molecule has 0 spiro atoms. The van der Waals surface area contributed by atoms with Crippen LogP contribution in [0.4, 0.5) is 0 Å². The van der Waals surface area contributed by atoms with Gasteiger partial charge in [-0.15, -0.1) is 0 Å². The molecule has 1 aliphatic rings. The van der Waals surface area contributed by atoms with Crippen LogP contribution in [0.1, 0.15) is 86.0 Å². The summed E-state index contributed by atoms with van der Waals surface area (Å²) >= 11 is 0. The maximum atomic E-state index is 12.8. The molecule has 0 fully saturated rings. The van der Waals surface area contributed by atoms with E-state index in [-0.39, 0.29) is 11.9 Å². The Balaban J connectivity index is 3.32. The second-order valence-corrected chi connectivity index (χ2v) is 6.58. The molecule has 0 bridgehead atoms. The smallest absolute Gasteiger partial charge is 0.334 e. The maximum Gasteiger partial charge on any atom is 0.334 e. The number of carbonyl (C=O) groups is 2. The Morgan fingerprint density at radius 1 is 1.08 bits per heavy atom. The van der Waals surface area contributed by atoms with Gasteiger partial charge in [0.2, 0.25) is 0 Å². The second-order valence-electron chi connectivity index (χ2n) is 6.58. The van der Waals surface area contributed by atoms with Crippen LogP contribution in [0, 0.1) is 0 Å². The van der Waals surface area contributed by atoms with Crippen molar-refractivity contribution in [1.82, 2.24) is 5.32 Å². The number of hydrogen-bond acceptors (Lipinski definition) is 4. The van der Waals surface area contributed by atoms with Gasteiger partial charge in [0.05, 0.1) is 6.61 Å². The van der Waals surface area contributed by atoms with E-state index in [0.717, 1.165) is 44.1 Å². The number of aliphatic imine (C=N–C) groups is 1. The van der Waals surface area contributed by atoms with E-state index in [2.05, 4.69) is 26.1 Å². The molecule has 142 valence electrons. The number of nitrogens with zero attached hydrogens (tertiary/aromatic N) is 1. The van der Waals surface area contributed by atoms with Crippen LogP contribution in [0.2, 0.25) is 0 Å². The van der Waals surface area contributed by atoms with Crippen molar-refractivity contribution in [1.29, 1.82) is 0 Å². The zero-order valence-electron chi connectivity index (χ0n) is 16.5. The lowest BCUT2D eigenvalue weighted by molar-refractivity contribution is -0.138. The van der Waals surface area contributed by atoms with Crippen LogP contribution in [0.15, 0.2) is 16.1 Å². The van der Waals surface area contributed by atoms with E-state index < -0.39 is 5.54 Å². The minimum Gasteiger partial charge on any atom is -0.463 e. The fourth-order valence-electron chi connectivity index (χ4n) is 3.37. The Hall–Kier alpha value is -1.65. The highest BCUT2D eigenvalue weighted by molar-refractivity contribution is 6.17. The van der Waals surface area contributed by atoms with Crippen molar-refractivity contribution in [3.05, 3.63) is 11.1 Å². The second kappa shape index (κ2) is 10.4. The third-order valence-electron chi connectivity index (χ3n) is 4.61. The molecule has 0 aromatic heterocycles. The summed E-state index contributed by atoms with van der Waals surface area (Å²) < 4.78 is 5.21. The predicted molar refractivity (Wildman–Crippen MR) is 102 cm³/mol. The molecule has 0 aromatic carbocycles. The quantitative estimate of drug-likeness (QED) is 0.446. The third kappa shape index (κ3) is 5.16. The first-order valence-electron chi connectivity index (χ1n) is 9.80. The van der Waals surface area contributed by atoms with Gasteiger partial charge in [0, 0.05) is 11.1 Å². The van der Waals surface area contributed by atoms with Crippen molar-refractivity contribution in [2.24, 2.45) is 4.99 Å². The maximum absolute atomic E-state index is 12.8. The van der Waals surface area contributed by atoms with Crippen molar-refractivity contribution in [3.8, 4) is 0 Å². The molecular weight excluding hydrogens is 316 g/mol. The molecule has 0 aromatic rings. The van der Waals surface area contributed by atoms with Gasteiger partial charge in [0.25, 0.3) is 5.91 Å². The van der Waals surface area contributed by atoms with E-state index in [4.69, 9.17) is 9.73 Å². The van der Waals surface area contributed by atoms with E-state index in [9.17, 15) is 9.59 Å². The molecule has 1 rings (SSSR count). The Kier molecular flexibility index (Phi) is 8.87. The molecule has 1 N–H and O–H groups in total. The molecule has 0 saturated carbocycles. The van der Waals surface area contributed by atoms with Gasteiger partial charge in [0.1, 0.15) is 11.4 Å². The summed E-state index contributed by atoms with van der Waals surface area (Å²) in [5.41, 5.74) is 0.795. The van der Waals surface area contributed by atoms with Crippen LogP contribution in [0.3, 0.4) is 0 Å². The monoisotopic (exact) mass is 350 g/mol. The molecule has 1 atom stereocenters. The number of ether oxygens (including phenoxy) is 1. The SMILES string of the molecule is CCCCC1(CCC)N=C(/C(CCC)=C(/CC)C(=O)OCC)NC1=O. The standard InChI is InChI=1S/C20H34N2O3/c1-6-11-14-20(13-8-3)19(24)21-17(22-20)16(12-7-2)15(9-4)18(23)25-10-5/h6-14H2,1-5H3,(H,21,22,24)/b16-15-. The van der Waals surface area contributed by atoms with Gasteiger partial charge in [-0.2, -0.15) is 0 Å². The highest BCUT2D eigenvalue weighted by atomic mass is 16.5. The van der Waals surface area contributed by atoms with Crippen LogP contribution in [-0.2, 0) is 14.3 Å². The molecule has 0 radical (unpaired) electrons. The topological polar surface area (TPSA) is 67.8 Å². The first kappa shape index (κ1) is 21.4. The fourth-order valence-corrected chi connectivity index (χ4v) is 3.37. The molecular formula is C20H34N2O3. The van der Waals surface area contributed by atoms with E-state index in [1.54, 1.807) is 6.92 Å². The number of amides is 1. The summed E-state index contributed by atoms with van der Waals surface area (Å²) in [6.07, 6.45) is 6.55. The molecule has 25 heavy (non-hydrogen) atoms. The Morgan fingerprint density at radius 2 is 1.80 bits per heavy atom. The number of hydrogen-bond donors (Lipinski definition) is 1. The van der Waals surface area contributed by atoms with Crippen LogP contribution < -0.4 is 5.32 Å². The molecule has 0 saturated heterocycles. The highest BCUT2D eigenvalue weighted by Crippen LogP contribution is 2.32. The zero-order valence-corrected chi connectivity index (χ0v) is 16.5. The normalized spacial score (nSPS) is 20.8. The van der Waals surface area contributed by atoms with Crippen molar-refractivity contribution in [2.45, 2.75) is 91.5 Å². The predicted octanol–water partition coefficient (Wildman–Crippen LogP) is 4.31. The van der Waals surface area contributed by atoms with E-state index >= 15 is 0 Å². The number of carbonyl (C=O) groups excluding carboxylic acids is 2. The van der Waals surface area contributed by atoms with Gasteiger partial charge >= 0.3 is 5.97 Å². The summed E-state index contributed by atoms with van der Waals surface area (Å²) in [6, 6.07) is 0. The fraction of sp³-hybridized carbons (Fsp3) is 0.750. The lowest BCUT2D eigenvalue weighted by Crippen LogP contribution is -2.40. The van der Waals surface area contributed by atoms with Crippen molar-refractivity contribution in [2.75, 3.05) is 6.61 Å². The van der Waals surface area contributed by atoms with Crippen molar-refractivity contribution < 1.29 is 14.3 Å². The summed E-state index contributed by atoms with van der Waals surface area (Å²) in [4.78, 5) is 29.9. The summed E-state index contributed by atoms with van der Waals surface area (Å²) in [6.45, 7) is 10.3. The molecule has 1 aliphatic heterocycles. The Bertz CT molecular complexity index is 537. The van der Waals surface area contributed by atoms with Crippen molar-refractivity contribution in [3.63, 3.8) is 0 Å². The number of unbranched alkanes of at least 4 members (excludes halogenated alkanes) is 1. The van der Waals surface area contributed by atoms with Gasteiger partial charge in [-0.1, -0.05) is 53.4 Å². The van der Waals surface area contributed by atoms with E-state index in [0.29, 0.717) is 30.9 Å². The Labute approximate surface area is 152 Å². The number of esters is 1. The summed E-state index contributed by atoms with van der Waals surface area (Å²) in [5, 5.41) is 2.98. The van der Waals surface area contributed by atoms with Crippen LogP contribution in [0.5, 0.6) is 0 Å². The van der Waals surface area contributed by atoms with Crippen LogP contribution in [0.25, 0.3) is 0 Å². The summed E-state index contributed by atoms with van der Waals surface area (Å²) in [5.74, 6) is 0.263. The summed E-state index contributed by atoms with van der Waals surface area (Å²) in [7, 11) is 0. The zero-order chi connectivity index (χ0) is 18.9. The first-order valence-corrected chi connectivity index (χ1v) is 9.80. The third-order valence-corrected chi connectivity index (χ3v) is 4.61. The van der Waals surface area contributed by atoms with Gasteiger partial charge in [-0.25, -0.2) is 4.79 Å². The van der Waals surface area contributed by atoms with E-state index in [1.165, 1.54) is 0 Å². The van der Waals surface area contributed by atoms with Gasteiger partial charge < -0.3 is 10.1 Å². The van der Waals surface area contributed by atoms with Crippen LogP contribution in [-0.4, -0.2) is 29.9 Å². The van der Waals surface area contributed by atoms with Gasteiger partial charge in [-0.3, -0.25) is 9.79 Å². The number of rotatable bonds is 11.